The van der Waals surface area contributed by atoms with Crippen molar-refractivity contribution >= 4 is 17.4 Å². The Labute approximate surface area is 102 Å². The predicted molar refractivity (Wildman–Crippen MR) is 62.9 cm³/mol. The molecule has 0 bridgehead atoms. The lowest BCUT2D eigenvalue weighted by atomic mass is 10.0. The highest BCUT2D eigenvalue weighted by Gasteiger charge is 2.11. The smallest absolute Gasteiger partial charge is 0.193 e. The van der Waals surface area contributed by atoms with Gasteiger partial charge in [-0.15, -0.1) is 0 Å². The average molecular weight is 251 g/mol. The third kappa shape index (κ3) is 2.45. The summed E-state index contributed by atoms with van der Waals surface area (Å²) < 4.78 is 13.0. The maximum absolute atomic E-state index is 13.0. The number of ketones is 1. The van der Waals surface area contributed by atoms with Gasteiger partial charge in [0.1, 0.15) is 11.6 Å². The highest BCUT2D eigenvalue weighted by atomic mass is 35.5. The van der Waals surface area contributed by atoms with Gasteiger partial charge in [-0.05, 0) is 30.3 Å². The summed E-state index contributed by atoms with van der Waals surface area (Å²) in [6, 6.07) is 9.52. The number of halogens is 2. The first kappa shape index (κ1) is 11.6. The van der Waals surface area contributed by atoms with Gasteiger partial charge in [-0.2, -0.15) is 0 Å². The Bertz CT molecular complexity index is 581. The predicted octanol–water partition coefficient (Wildman–Crippen LogP) is 3.42. The zero-order chi connectivity index (χ0) is 12.4. The molecule has 0 saturated heterocycles. The summed E-state index contributed by atoms with van der Waals surface area (Å²) in [7, 11) is 0. The second kappa shape index (κ2) is 4.55. The number of phenolic OH excluding ortho intramolecular Hbond substituents is 1. The molecule has 0 aliphatic rings. The highest BCUT2D eigenvalue weighted by molar-refractivity contribution is 6.32. The van der Waals surface area contributed by atoms with E-state index in [4.69, 9.17) is 11.6 Å². The Kier molecular flexibility index (Phi) is 3.11. The molecule has 0 saturated carbocycles. The van der Waals surface area contributed by atoms with Crippen LogP contribution in [0.2, 0.25) is 5.02 Å². The minimum absolute atomic E-state index is 0.0900. The molecule has 0 aliphatic heterocycles. The zero-order valence-electron chi connectivity index (χ0n) is 8.65. The van der Waals surface area contributed by atoms with Crippen molar-refractivity contribution in [1.82, 2.24) is 0 Å². The maximum atomic E-state index is 13.0. The molecule has 0 unspecified atom stereocenters. The van der Waals surface area contributed by atoms with Gasteiger partial charge in [-0.1, -0.05) is 23.7 Å². The number of hydrogen-bond donors (Lipinski definition) is 1. The molecule has 17 heavy (non-hydrogen) atoms. The van der Waals surface area contributed by atoms with Crippen molar-refractivity contribution < 1.29 is 14.3 Å². The van der Waals surface area contributed by atoms with E-state index in [9.17, 15) is 14.3 Å². The topological polar surface area (TPSA) is 37.3 Å². The number of phenols is 1. The van der Waals surface area contributed by atoms with Crippen molar-refractivity contribution in [2.45, 2.75) is 0 Å². The monoisotopic (exact) mass is 250 g/mol. The van der Waals surface area contributed by atoms with Crippen LogP contribution in [0.3, 0.4) is 0 Å². The second-order valence-electron chi connectivity index (χ2n) is 3.51. The number of carbonyl (C=O) groups excluding carboxylic acids is 1. The van der Waals surface area contributed by atoms with Crippen LogP contribution < -0.4 is 0 Å². The molecular formula is C13H8ClFO2. The van der Waals surface area contributed by atoms with E-state index in [0.717, 1.165) is 6.07 Å². The van der Waals surface area contributed by atoms with Gasteiger partial charge in [0.05, 0.1) is 5.02 Å². The number of rotatable bonds is 2. The summed E-state index contributed by atoms with van der Waals surface area (Å²) >= 11 is 5.70. The number of aromatic hydroxyl groups is 1. The summed E-state index contributed by atoms with van der Waals surface area (Å²) in [4.78, 5) is 12.0. The zero-order valence-corrected chi connectivity index (χ0v) is 9.41. The van der Waals surface area contributed by atoms with Crippen LogP contribution in [0.4, 0.5) is 4.39 Å². The average Bonchev–Trinajstić information content (AvgIpc) is 2.32. The molecule has 1 N–H and O–H groups in total. The van der Waals surface area contributed by atoms with Crippen LogP contribution in [-0.2, 0) is 0 Å². The van der Waals surface area contributed by atoms with E-state index in [0.29, 0.717) is 5.56 Å². The lowest BCUT2D eigenvalue weighted by molar-refractivity contribution is 0.103. The molecular weight excluding hydrogens is 243 g/mol. The molecule has 0 amide bonds. The molecule has 0 atom stereocenters. The Morgan fingerprint density at radius 3 is 2.47 bits per heavy atom. The van der Waals surface area contributed by atoms with Gasteiger partial charge in [-0.25, -0.2) is 4.39 Å². The number of carbonyl (C=O) groups is 1. The van der Waals surface area contributed by atoms with Gasteiger partial charge in [0.15, 0.2) is 5.78 Å². The standard InChI is InChI=1S/C13H8ClFO2/c14-11-7-9(4-5-12(11)16)13(17)8-2-1-3-10(15)6-8/h1-7,16H. The fraction of sp³-hybridized carbons (Fsp3) is 0. The Morgan fingerprint density at radius 2 is 1.82 bits per heavy atom. The van der Waals surface area contributed by atoms with E-state index in [2.05, 4.69) is 0 Å². The summed E-state index contributed by atoms with van der Waals surface area (Å²) in [5, 5.41) is 9.33. The largest absolute Gasteiger partial charge is 0.506 e. The van der Waals surface area contributed by atoms with E-state index in [1.807, 2.05) is 0 Å². The molecule has 0 fully saturated rings. The second-order valence-corrected chi connectivity index (χ2v) is 3.91. The molecule has 2 nitrogen and oxygen atoms in total. The molecule has 0 aliphatic carbocycles. The Morgan fingerprint density at radius 1 is 1.12 bits per heavy atom. The first-order valence-electron chi connectivity index (χ1n) is 4.87. The van der Waals surface area contributed by atoms with Gasteiger partial charge < -0.3 is 5.11 Å². The van der Waals surface area contributed by atoms with Gasteiger partial charge in [-0.3, -0.25) is 4.79 Å². The lowest BCUT2D eigenvalue weighted by Gasteiger charge is -2.03. The van der Waals surface area contributed by atoms with Crippen LogP contribution >= 0.6 is 11.6 Å². The van der Waals surface area contributed by atoms with Crippen LogP contribution in [0.25, 0.3) is 0 Å². The summed E-state index contributed by atoms with van der Waals surface area (Å²) in [5.74, 6) is -0.908. The van der Waals surface area contributed by atoms with Crippen molar-refractivity contribution in [3.63, 3.8) is 0 Å². The fourth-order valence-corrected chi connectivity index (χ4v) is 1.63. The lowest BCUT2D eigenvalue weighted by Crippen LogP contribution is -2.01. The van der Waals surface area contributed by atoms with E-state index in [1.54, 1.807) is 0 Å². The van der Waals surface area contributed by atoms with Crippen LogP contribution in [-0.4, -0.2) is 10.9 Å². The van der Waals surface area contributed by atoms with Crippen molar-refractivity contribution in [2.24, 2.45) is 0 Å². The van der Waals surface area contributed by atoms with Gasteiger partial charge in [0.2, 0.25) is 0 Å². The van der Waals surface area contributed by atoms with E-state index >= 15 is 0 Å². The molecule has 0 spiro atoms. The molecule has 2 aromatic rings. The maximum Gasteiger partial charge on any atom is 0.193 e. The normalized spacial score (nSPS) is 10.2. The third-order valence-electron chi connectivity index (χ3n) is 2.30. The summed E-state index contributed by atoms with van der Waals surface area (Å²) in [6.45, 7) is 0. The minimum atomic E-state index is -0.472. The van der Waals surface area contributed by atoms with Crippen LogP contribution in [0.15, 0.2) is 42.5 Å². The number of benzene rings is 2. The first-order valence-corrected chi connectivity index (χ1v) is 5.24. The van der Waals surface area contributed by atoms with Gasteiger partial charge >= 0.3 is 0 Å². The van der Waals surface area contributed by atoms with E-state index in [1.165, 1.54) is 36.4 Å². The quantitative estimate of drug-likeness (QED) is 0.830. The Hall–Kier alpha value is -1.87. The van der Waals surface area contributed by atoms with Crippen molar-refractivity contribution in [3.8, 4) is 5.75 Å². The van der Waals surface area contributed by atoms with Crippen molar-refractivity contribution in [3.05, 3.63) is 64.4 Å². The molecule has 0 aromatic heterocycles. The van der Waals surface area contributed by atoms with Gasteiger partial charge in [0, 0.05) is 11.1 Å². The fourth-order valence-electron chi connectivity index (χ4n) is 1.44. The van der Waals surface area contributed by atoms with E-state index in [-0.39, 0.29) is 22.1 Å². The van der Waals surface area contributed by atoms with Crippen LogP contribution in [0.1, 0.15) is 15.9 Å². The molecule has 2 aromatic carbocycles. The molecule has 4 heteroatoms. The first-order chi connectivity index (χ1) is 8.08. The summed E-state index contributed by atoms with van der Waals surface area (Å²) in [6.07, 6.45) is 0. The molecule has 0 radical (unpaired) electrons. The van der Waals surface area contributed by atoms with Crippen molar-refractivity contribution in [1.29, 1.82) is 0 Å². The van der Waals surface area contributed by atoms with Crippen molar-refractivity contribution in [2.75, 3.05) is 0 Å². The third-order valence-corrected chi connectivity index (χ3v) is 2.60. The minimum Gasteiger partial charge on any atom is -0.506 e. The van der Waals surface area contributed by atoms with E-state index < -0.39 is 5.82 Å². The molecule has 2 rings (SSSR count). The number of hydrogen-bond acceptors (Lipinski definition) is 2. The summed E-state index contributed by atoms with van der Waals surface area (Å²) in [5.41, 5.74) is 0.546. The highest BCUT2D eigenvalue weighted by Crippen LogP contribution is 2.24. The SMILES string of the molecule is O=C(c1cccc(F)c1)c1ccc(O)c(Cl)c1. The van der Waals surface area contributed by atoms with Crippen LogP contribution in [0, 0.1) is 5.82 Å². The van der Waals surface area contributed by atoms with Crippen LogP contribution in [0.5, 0.6) is 5.75 Å². The molecule has 0 heterocycles. The Balaban J connectivity index is 2.40. The van der Waals surface area contributed by atoms with Gasteiger partial charge in [0.25, 0.3) is 0 Å². The molecule has 86 valence electrons.